The molecule has 122 valence electrons. The molecule has 0 spiro atoms. The Bertz CT molecular complexity index is 845. The average molecular weight is 321 g/mol. The van der Waals surface area contributed by atoms with Crippen LogP contribution < -0.4 is 5.32 Å². The van der Waals surface area contributed by atoms with Crippen molar-refractivity contribution in [2.24, 2.45) is 0 Å². The second-order valence-electron chi connectivity index (χ2n) is 6.03. The molecule has 0 saturated carbocycles. The smallest absolute Gasteiger partial charge is 0.242 e. The van der Waals surface area contributed by atoms with Crippen molar-refractivity contribution in [3.63, 3.8) is 0 Å². The summed E-state index contributed by atoms with van der Waals surface area (Å²) in [5, 5.41) is 7.22. The van der Waals surface area contributed by atoms with E-state index < -0.39 is 0 Å². The molecule has 0 unspecified atom stereocenters. The quantitative estimate of drug-likeness (QED) is 0.801. The minimum Gasteiger partial charge on any atom is -0.309 e. The minimum atomic E-state index is -0.107. The maximum atomic E-state index is 12.8. The number of nitrogens with zero attached hydrogens (tertiary/aromatic N) is 4. The van der Waals surface area contributed by atoms with Crippen LogP contribution in [-0.4, -0.2) is 38.0 Å². The molecule has 1 fully saturated rings. The Kier molecular flexibility index (Phi) is 3.96. The standard InChI is InChI=1S/C18H19N5O/c24-18(21-17-8-10-19-16-9-11-20-23(16)17)15-7-4-12-22(15)13-14-5-2-1-3-6-14/h1-3,5-6,8-11,15H,4,7,12-13H2,(H,21,24)/t15-/m0/s1. The molecule has 1 aliphatic heterocycles. The molecule has 0 radical (unpaired) electrons. The molecule has 6 heteroatoms. The zero-order valence-corrected chi connectivity index (χ0v) is 13.3. The first-order chi connectivity index (χ1) is 11.8. The summed E-state index contributed by atoms with van der Waals surface area (Å²) in [6, 6.07) is 13.8. The predicted octanol–water partition coefficient (Wildman–Crippen LogP) is 2.33. The highest BCUT2D eigenvalue weighted by atomic mass is 16.2. The molecule has 1 amide bonds. The van der Waals surface area contributed by atoms with E-state index in [1.165, 1.54) is 5.56 Å². The van der Waals surface area contributed by atoms with Gasteiger partial charge in [0.05, 0.1) is 12.2 Å². The third-order valence-corrected chi connectivity index (χ3v) is 4.44. The molecule has 1 N–H and O–H groups in total. The Morgan fingerprint density at radius 3 is 2.92 bits per heavy atom. The van der Waals surface area contributed by atoms with E-state index in [-0.39, 0.29) is 11.9 Å². The summed E-state index contributed by atoms with van der Waals surface area (Å²) in [4.78, 5) is 19.2. The lowest BCUT2D eigenvalue weighted by Crippen LogP contribution is -2.39. The van der Waals surface area contributed by atoms with Crippen molar-refractivity contribution in [2.45, 2.75) is 25.4 Å². The van der Waals surface area contributed by atoms with E-state index in [4.69, 9.17) is 0 Å². The zero-order chi connectivity index (χ0) is 16.4. The van der Waals surface area contributed by atoms with Gasteiger partial charge in [0.15, 0.2) is 5.65 Å². The first-order valence-corrected chi connectivity index (χ1v) is 8.19. The van der Waals surface area contributed by atoms with E-state index in [1.807, 2.05) is 24.3 Å². The Labute approximate surface area is 140 Å². The molecule has 24 heavy (non-hydrogen) atoms. The Hall–Kier alpha value is -2.73. The van der Waals surface area contributed by atoms with Gasteiger partial charge in [-0.1, -0.05) is 30.3 Å². The van der Waals surface area contributed by atoms with Crippen molar-refractivity contribution < 1.29 is 4.79 Å². The number of carbonyl (C=O) groups excluding carboxylic acids is 1. The zero-order valence-electron chi connectivity index (χ0n) is 13.3. The Morgan fingerprint density at radius 2 is 2.04 bits per heavy atom. The van der Waals surface area contributed by atoms with Gasteiger partial charge in [-0.25, -0.2) is 4.98 Å². The van der Waals surface area contributed by atoms with Crippen LogP contribution in [0.1, 0.15) is 18.4 Å². The monoisotopic (exact) mass is 321 g/mol. The maximum absolute atomic E-state index is 12.8. The highest BCUT2D eigenvalue weighted by Crippen LogP contribution is 2.21. The molecule has 0 aliphatic carbocycles. The molecule has 1 aliphatic rings. The van der Waals surface area contributed by atoms with Crippen LogP contribution in [0.2, 0.25) is 0 Å². The summed E-state index contributed by atoms with van der Waals surface area (Å²) in [5.74, 6) is 0.674. The van der Waals surface area contributed by atoms with E-state index in [1.54, 1.807) is 23.0 Å². The van der Waals surface area contributed by atoms with Gasteiger partial charge in [0.2, 0.25) is 5.91 Å². The van der Waals surface area contributed by atoms with Crippen LogP contribution >= 0.6 is 0 Å². The van der Waals surface area contributed by atoms with Gasteiger partial charge in [0.25, 0.3) is 0 Å². The van der Waals surface area contributed by atoms with E-state index in [2.05, 4.69) is 32.4 Å². The van der Waals surface area contributed by atoms with Crippen LogP contribution in [-0.2, 0) is 11.3 Å². The van der Waals surface area contributed by atoms with Gasteiger partial charge < -0.3 is 5.32 Å². The van der Waals surface area contributed by atoms with Gasteiger partial charge in [-0.2, -0.15) is 9.61 Å². The van der Waals surface area contributed by atoms with E-state index in [9.17, 15) is 4.79 Å². The number of benzene rings is 1. The summed E-state index contributed by atoms with van der Waals surface area (Å²) < 4.78 is 1.65. The highest BCUT2D eigenvalue weighted by molar-refractivity contribution is 5.94. The van der Waals surface area contributed by atoms with E-state index in [0.29, 0.717) is 5.82 Å². The number of hydrogen-bond donors (Lipinski definition) is 1. The van der Waals surface area contributed by atoms with E-state index >= 15 is 0 Å². The van der Waals surface area contributed by atoms with Crippen LogP contribution in [0.25, 0.3) is 5.65 Å². The molecule has 6 nitrogen and oxygen atoms in total. The highest BCUT2D eigenvalue weighted by Gasteiger charge is 2.30. The number of hydrogen-bond acceptors (Lipinski definition) is 4. The fourth-order valence-electron chi connectivity index (χ4n) is 3.27. The molecule has 3 heterocycles. The van der Waals surface area contributed by atoms with Crippen LogP contribution in [0.5, 0.6) is 0 Å². The van der Waals surface area contributed by atoms with Crippen molar-refractivity contribution in [1.82, 2.24) is 19.5 Å². The second-order valence-corrected chi connectivity index (χ2v) is 6.03. The molecule has 1 saturated heterocycles. The van der Waals surface area contributed by atoms with Crippen LogP contribution in [0, 0.1) is 0 Å². The summed E-state index contributed by atoms with van der Waals surface area (Å²) in [6.45, 7) is 1.74. The first kappa shape index (κ1) is 14.8. The summed E-state index contributed by atoms with van der Waals surface area (Å²) in [6.07, 6.45) is 5.28. The van der Waals surface area contributed by atoms with Crippen LogP contribution in [0.15, 0.2) is 54.9 Å². The molecule has 2 aromatic heterocycles. The molecular formula is C18H19N5O. The molecule has 1 atom stereocenters. The first-order valence-electron chi connectivity index (χ1n) is 8.19. The molecule has 0 bridgehead atoms. The van der Waals surface area contributed by atoms with Gasteiger partial charge in [-0.3, -0.25) is 9.69 Å². The van der Waals surface area contributed by atoms with Gasteiger partial charge in [-0.15, -0.1) is 0 Å². The number of likely N-dealkylation sites (tertiary alicyclic amines) is 1. The lowest BCUT2D eigenvalue weighted by Gasteiger charge is -2.23. The minimum absolute atomic E-state index is 0.0198. The number of nitrogens with one attached hydrogen (secondary N) is 1. The number of amides is 1. The summed E-state index contributed by atoms with van der Waals surface area (Å²) in [7, 11) is 0. The fraction of sp³-hybridized carbons (Fsp3) is 0.278. The lowest BCUT2D eigenvalue weighted by molar-refractivity contribution is -0.120. The number of anilines is 1. The van der Waals surface area contributed by atoms with Crippen LogP contribution in [0.4, 0.5) is 5.82 Å². The molecule has 1 aromatic carbocycles. The number of rotatable bonds is 4. The normalized spacial score (nSPS) is 18.1. The van der Waals surface area contributed by atoms with Crippen molar-refractivity contribution in [3.05, 3.63) is 60.4 Å². The maximum Gasteiger partial charge on any atom is 0.242 e. The Balaban J connectivity index is 1.50. The van der Waals surface area contributed by atoms with Crippen molar-refractivity contribution in [1.29, 1.82) is 0 Å². The van der Waals surface area contributed by atoms with Crippen molar-refractivity contribution in [2.75, 3.05) is 11.9 Å². The molecule has 3 aromatic rings. The van der Waals surface area contributed by atoms with Gasteiger partial charge in [0.1, 0.15) is 5.82 Å². The molecular weight excluding hydrogens is 302 g/mol. The number of fused-ring (bicyclic) bond motifs is 1. The second kappa shape index (κ2) is 6.41. The van der Waals surface area contributed by atoms with E-state index in [0.717, 1.165) is 31.6 Å². The molecule has 4 rings (SSSR count). The third-order valence-electron chi connectivity index (χ3n) is 4.44. The van der Waals surface area contributed by atoms with Gasteiger partial charge >= 0.3 is 0 Å². The SMILES string of the molecule is O=C(Nc1ccnc2ccnn12)[C@@H]1CCCN1Cc1ccccc1. The Morgan fingerprint density at radius 1 is 1.17 bits per heavy atom. The number of carbonyl (C=O) groups is 1. The van der Waals surface area contributed by atoms with Crippen molar-refractivity contribution in [3.8, 4) is 0 Å². The average Bonchev–Trinajstić information content (AvgIpc) is 3.25. The largest absolute Gasteiger partial charge is 0.309 e. The topological polar surface area (TPSA) is 62.5 Å². The van der Waals surface area contributed by atoms with Crippen LogP contribution in [0.3, 0.4) is 0 Å². The third kappa shape index (κ3) is 2.88. The van der Waals surface area contributed by atoms with Gasteiger partial charge in [0, 0.05) is 18.8 Å². The van der Waals surface area contributed by atoms with Crippen molar-refractivity contribution >= 4 is 17.4 Å². The lowest BCUT2D eigenvalue weighted by atomic mass is 10.1. The summed E-state index contributed by atoms with van der Waals surface area (Å²) in [5.41, 5.74) is 1.95. The van der Waals surface area contributed by atoms with Gasteiger partial charge in [-0.05, 0) is 31.0 Å². The summed E-state index contributed by atoms with van der Waals surface area (Å²) >= 11 is 0. The predicted molar refractivity (Wildman–Crippen MR) is 91.5 cm³/mol. The number of aromatic nitrogens is 3. The fourth-order valence-corrected chi connectivity index (χ4v) is 3.27.